The lowest BCUT2D eigenvalue weighted by atomic mass is 9.88. The van der Waals surface area contributed by atoms with Gasteiger partial charge in [0.2, 0.25) is 0 Å². The average molecular weight is 668 g/mol. The Labute approximate surface area is 304 Å². The van der Waals surface area contributed by atoms with Crippen LogP contribution >= 0.6 is 0 Å². The number of rotatable bonds is 8. The second-order valence-corrected chi connectivity index (χ2v) is 13.5. The smallest absolute Gasteiger partial charge is 0.137 e. The van der Waals surface area contributed by atoms with Crippen LogP contribution in [-0.4, -0.2) is 0 Å². The Morgan fingerprint density at radius 3 is 1.87 bits per heavy atom. The molecule has 0 bridgehead atoms. The van der Waals surface area contributed by atoms with Crippen LogP contribution in [0.25, 0.3) is 60.5 Å². The van der Waals surface area contributed by atoms with Gasteiger partial charge in [-0.05, 0) is 123 Å². The molecule has 0 radical (unpaired) electrons. The second kappa shape index (κ2) is 13.2. The van der Waals surface area contributed by atoms with Gasteiger partial charge in [0, 0.05) is 33.9 Å². The minimum atomic E-state index is 0.792. The van der Waals surface area contributed by atoms with Crippen LogP contribution in [0.5, 0.6) is 0 Å². The minimum Gasteiger partial charge on any atom is -0.456 e. The highest BCUT2D eigenvalue weighted by molar-refractivity contribution is 6.06. The molecule has 0 aliphatic rings. The number of anilines is 3. The number of nitrogens with zero attached hydrogens (tertiary/aromatic N) is 1. The van der Waals surface area contributed by atoms with Crippen LogP contribution in [0, 0.1) is 6.92 Å². The topological polar surface area (TPSA) is 16.4 Å². The first-order valence-corrected chi connectivity index (χ1v) is 17.8. The number of benzene rings is 8. The van der Waals surface area contributed by atoms with Gasteiger partial charge in [0.1, 0.15) is 11.2 Å². The standard InChI is InChI=1S/C50H37NO/c1-34(29-36-13-5-3-6-14-36)47-31-39-17-9-10-18-40(39)32-48(47)44-27-25-42(30-35(44)2)51(41-23-21-38(22-24-41)37-15-7-4-8-16-37)43-26-28-46-45-19-11-12-20-49(45)52-50(46)33-43/h3-28,30-33H,1,29H2,2H3. The van der Waals surface area contributed by atoms with Crippen molar-refractivity contribution in [2.24, 2.45) is 0 Å². The van der Waals surface area contributed by atoms with Crippen molar-refractivity contribution in [3.63, 3.8) is 0 Å². The number of furan rings is 1. The van der Waals surface area contributed by atoms with E-state index in [1.165, 1.54) is 49.7 Å². The predicted molar refractivity (Wildman–Crippen MR) is 221 cm³/mol. The molecule has 0 spiro atoms. The van der Waals surface area contributed by atoms with Crippen LogP contribution in [0.1, 0.15) is 16.7 Å². The van der Waals surface area contributed by atoms with E-state index in [-0.39, 0.29) is 0 Å². The van der Waals surface area contributed by atoms with Crippen molar-refractivity contribution >= 4 is 55.3 Å². The highest BCUT2D eigenvalue weighted by Gasteiger charge is 2.19. The lowest BCUT2D eigenvalue weighted by Gasteiger charge is -2.27. The third-order valence-corrected chi connectivity index (χ3v) is 10.1. The first-order chi connectivity index (χ1) is 25.6. The van der Waals surface area contributed by atoms with Crippen molar-refractivity contribution in [2.75, 3.05) is 4.90 Å². The van der Waals surface area contributed by atoms with Crippen LogP contribution in [0.15, 0.2) is 193 Å². The van der Waals surface area contributed by atoms with E-state index in [2.05, 4.69) is 188 Å². The van der Waals surface area contributed by atoms with Gasteiger partial charge < -0.3 is 9.32 Å². The molecule has 0 atom stereocenters. The fourth-order valence-electron chi connectivity index (χ4n) is 7.52. The van der Waals surface area contributed by atoms with Gasteiger partial charge in [-0.3, -0.25) is 0 Å². The van der Waals surface area contributed by atoms with E-state index in [0.29, 0.717) is 0 Å². The molecule has 0 saturated carbocycles. The number of aryl methyl sites for hydroxylation is 1. The highest BCUT2D eigenvalue weighted by atomic mass is 16.3. The molecular weight excluding hydrogens is 631 g/mol. The van der Waals surface area contributed by atoms with E-state index in [4.69, 9.17) is 4.42 Å². The number of hydrogen-bond donors (Lipinski definition) is 0. The van der Waals surface area contributed by atoms with Gasteiger partial charge >= 0.3 is 0 Å². The monoisotopic (exact) mass is 667 g/mol. The maximum absolute atomic E-state index is 6.37. The molecule has 9 rings (SSSR count). The van der Waals surface area contributed by atoms with Crippen molar-refractivity contribution in [1.82, 2.24) is 0 Å². The third kappa shape index (κ3) is 5.85. The Balaban J connectivity index is 1.16. The molecule has 0 saturated heterocycles. The maximum atomic E-state index is 6.37. The summed E-state index contributed by atoms with van der Waals surface area (Å²) in [5.41, 5.74) is 14.5. The van der Waals surface area contributed by atoms with Gasteiger partial charge in [0.15, 0.2) is 0 Å². The van der Waals surface area contributed by atoms with Crippen LogP contribution in [-0.2, 0) is 6.42 Å². The predicted octanol–water partition coefficient (Wildman–Crippen LogP) is 14.1. The van der Waals surface area contributed by atoms with Crippen LogP contribution in [0.3, 0.4) is 0 Å². The van der Waals surface area contributed by atoms with Gasteiger partial charge in [-0.2, -0.15) is 0 Å². The van der Waals surface area contributed by atoms with Crippen molar-refractivity contribution < 1.29 is 4.42 Å². The number of allylic oxidation sites excluding steroid dienone is 1. The van der Waals surface area contributed by atoms with Gasteiger partial charge in [-0.1, -0.05) is 128 Å². The summed E-state index contributed by atoms with van der Waals surface area (Å²) >= 11 is 0. The summed E-state index contributed by atoms with van der Waals surface area (Å²) < 4.78 is 6.37. The largest absolute Gasteiger partial charge is 0.456 e. The average Bonchev–Trinajstić information content (AvgIpc) is 3.57. The number of fused-ring (bicyclic) bond motifs is 4. The molecule has 1 heterocycles. The molecule has 0 aliphatic heterocycles. The molecule has 8 aromatic carbocycles. The fraction of sp³-hybridized carbons (Fsp3) is 0.0400. The summed E-state index contributed by atoms with van der Waals surface area (Å²) in [6, 6.07) is 64.8. The van der Waals surface area contributed by atoms with Crippen LogP contribution < -0.4 is 4.90 Å². The summed E-state index contributed by atoms with van der Waals surface area (Å²) in [5.74, 6) is 0. The Kier molecular flexibility index (Phi) is 7.98. The van der Waals surface area contributed by atoms with Crippen molar-refractivity contribution in [1.29, 1.82) is 0 Å². The molecule has 1 aromatic heterocycles. The molecule has 9 aromatic rings. The quantitative estimate of drug-likeness (QED) is 0.160. The van der Waals surface area contributed by atoms with Crippen molar-refractivity contribution in [2.45, 2.75) is 13.3 Å². The van der Waals surface area contributed by atoms with Crippen LogP contribution in [0.4, 0.5) is 17.1 Å². The molecule has 52 heavy (non-hydrogen) atoms. The Morgan fingerprint density at radius 1 is 0.500 bits per heavy atom. The summed E-state index contributed by atoms with van der Waals surface area (Å²) in [6.07, 6.45) is 0.792. The lowest BCUT2D eigenvalue weighted by molar-refractivity contribution is 0.669. The number of hydrogen-bond acceptors (Lipinski definition) is 2. The SMILES string of the molecule is C=C(Cc1ccccc1)c1cc2ccccc2cc1-c1ccc(N(c2ccc(-c3ccccc3)cc2)c2ccc3c(c2)oc2ccccc23)cc1C. The van der Waals surface area contributed by atoms with E-state index in [1.54, 1.807) is 0 Å². The highest BCUT2D eigenvalue weighted by Crippen LogP contribution is 2.42. The zero-order valence-corrected chi connectivity index (χ0v) is 29.1. The molecule has 0 unspecified atom stereocenters. The first-order valence-electron chi connectivity index (χ1n) is 17.8. The second-order valence-electron chi connectivity index (χ2n) is 13.5. The molecule has 248 valence electrons. The van der Waals surface area contributed by atoms with Crippen molar-refractivity contribution in [3.8, 4) is 22.3 Å². The summed E-state index contributed by atoms with van der Waals surface area (Å²) in [5, 5.41) is 4.68. The van der Waals surface area contributed by atoms with Crippen LogP contribution in [0.2, 0.25) is 0 Å². The third-order valence-electron chi connectivity index (χ3n) is 10.1. The van der Waals surface area contributed by atoms with Gasteiger partial charge in [0.25, 0.3) is 0 Å². The molecule has 2 heteroatoms. The zero-order valence-electron chi connectivity index (χ0n) is 29.1. The van der Waals surface area contributed by atoms with Crippen molar-refractivity contribution in [3.05, 3.63) is 205 Å². The summed E-state index contributed by atoms with van der Waals surface area (Å²) in [6.45, 7) is 6.84. The Bertz CT molecular complexity index is 2720. The summed E-state index contributed by atoms with van der Waals surface area (Å²) in [7, 11) is 0. The molecule has 2 nitrogen and oxygen atoms in total. The molecule has 0 fully saturated rings. The zero-order chi connectivity index (χ0) is 35.0. The molecule has 0 amide bonds. The van der Waals surface area contributed by atoms with E-state index < -0.39 is 0 Å². The van der Waals surface area contributed by atoms with E-state index in [1.807, 2.05) is 12.1 Å². The lowest BCUT2D eigenvalue weighted by Crippen LogP contribution is -2.10. The van der Waals surface area contributed by atoms with E-state index in [0.717, 1.165) is 51.0 Å². The van der Waals surface area contributed by atoms with Gasteiger partial charge in [-0.25, -0.2) is 0 Å². The first kappa shape index (κ1) is 31.3. The number of para-hydroxylation sites is 1. The fourth-order valence-corrected chi connectivity index (χ4v) is 7.52. The maximum Gasteiger partial charge on any atom is 0.137 e. The van der Waals surface area contributed by atoms with E-state index in [9.17, 15) is 0 Å². The minimum absolute atomic E-state index is 0.792. The van der Waals surface area contributed by atoms with Gasteiger partial charge in [0.05, 0.1) is 0 Å². The molecule has 0 N–H and O–H groups in total. The van der Waals surface area contributed by atoms with E-state index >= 15 is 0 Å². The Morgan fingerprint density at radius 2 is 1.10 bits per heavy atom. The Hall–Kier alpha value is -6.64. The molecule has 0 aliphatic carbocycles. The summed E-state index contributed by atoms with van der Waals surface area (Å²) in [4.78, 5) is 2.33. The van der Waals surface area contributed by atoms with Gasteiger partial charge in [-0.15, -0.1) is 0 Å². The molecular formula is C50H37NO. The normalized spacial score (nSPS) is 11.3.